The molecule has 8 heteroatoms. The molecule has 0 spiro atoms. The summed E-state index contributed by atoms with van der Waals surface area (Å²) in [6.07, 6.45) is 1.52. The molecule has 8 nitrogen and oxygen atoms in total. The van der Waals surface area contributed by atoms with Crippen molar-refractivity contribution >= 4 is 18.0 Å². The molecule has 0 radical (unpaired) electrons. The standard InChI is InChI=1S/C27H30N2O6/c30-25(31)13-16-11-17(12-16)29-26(32)24-10-9-18(35-24)14-28-27(33)34-15-23-21-7-3-1-5-19(21)20-6-2-4-8-22(20)23/h1-8,16-18,23-24H,9-15H2,(H,28,33)(H,29,32)(H,30,31). The molecule has 0 aromatic heterocycles. The first kappa shape index (κ1) is 23.4. The van der Waals surface area contributed by atoms with E-state index in [1.54, 1.807) is 0 Å². The number of carboxylic acids is 1. The third-order valence-electron chi connectivity index (χ3n) is 7.26. The Morgan fingerprint density at radius 3 is 2.29 bits per heavy atom. The molecule has 184 valence electrons. The summed E-state index contributed by atoms with van der Waals surface area (Å²) in [5.41, 5.74) is 4.69. The lowest BCUT2D eigenvalue weighted by molar-refractivity contribution is -0.139. The molecular weight excluding hydrogens is 448 g/mol. The molecule has 3 N–H and O–H groups in total. The quantitative estimate of drug-likeness (QED) is 0.536. The first-order valence-corrected chi connectivity index (χ1v) is 12.2. The van der Waals surface area contributed by atoms with Gasteiger partial charge in [0, 0.05) is 24.9 Å². The number of carboxylic acid groups (broad SMARTS) is 1. The average Bonchev–Trinajstić information content (AvgIpc) is 3.43. The van der Waals surface area contributed by atoms with Gasteiger partial charge in [-0.1, -0.05) is 48.5 Å². The molecule has 1 aliphatic heterocycles. The van der Waals surface area contributed by atoms with Crippen molar-refractivity contribution in [1.29, 1.82) is 0 Å². The molecule has 1 heterocycles. The van der Waals surface area contributed by atoms with Crippen LogP contribution < -0.4 is 10.6 Å². The summed E-state index contributed by atoms with van der Waals surface area (Å²) in [7, 11) is 0. The van der Waals surface area contributed by atoms with Gasteiger partial charge in [0.25, 0.3) is 0 Å². The van der Waals surface area contributed by atoms with Gasteiger partial charge in [0.15, 0.2) is 0 Å². The second kappa shape index (κ2) is 10.1. The number of aliphatic carboxylic acids is 1. The zero-order valence-corrected chi connectivity index (χ0v) is 19.4. The molecule has 5 rings (SSSR count). The molecule has 2 aromatic rings. The van der Waals surface area contributed by atoms with Crippen LogP contribution in [-0.4, -0.2) is 54.5 Å². The summed E-state index contributed by atoms with van der Waals surface area (Å²) < 4.78 is 11.4. The lowest BCUT2D eigenvalue weighted by atomic mass is 9.78. The molecule has 2 amide bonds. The number of carbonyl (C=O) groups excluding carboxylic acids is 2. The van der Waals surface area contributed by atoms with Crippen molar-refractivity contribution in [3.63, 3.8) is 0 Å². The Morgan fingerprint density at radius 2 is 1.63 bits per heavy atom. The minimum Gasteiger partial charge on any atom is -0.481 e. The lowest BCUT2D eigenvalue weighted by Crippen LogP contribution is -2.48. The van der Waals surface area contributed by atoms with Crippen LogP contribution in [0.5, 0.6) is 0 Å². The second-order valence-corrected chi connectivity index (χ2v) is 9.67. The second-order valence-electron chi connectivity index (χ2n) is 9.67. The van der Waals surface area contributed by atoms with Crippen LogP contribution in [0.25, 0.3) is 11.1 Å². The molecular formula is C27H30N2O6. The summed E-state index contributed by atoms with van der Waals surface area (Å²) in [6.45, 7) is 0.533. The van der Waals surface area contributed by atoms with E-state index >= 15 is 0 Å². The highest BCUT2D eigenvalue weighted by Crippen LogP contribution is 2.44. The minimum absolute atomic E-state index is 0.00515. The molecule has 2 unspecified atom stereocenters. The number of carbonyl (C=O) groups is 3. The van der Waals surface area contributed by atoms with Crippen molar-refractivity contribution < 1.29 is 29.0 Å². The van der Waals surface area contributed by atoms with E-state index in [4.69, 9.17) is 14.6 Å². The van der Waals surface area contributed by atoms with Crippen molar-refractivity contribution in [3.8, 4) is 11.1 Å². The molecule has 2 aliphatic carbocycles. The molecule has 1 saturated carbocycles. The van der Waals surface area contributed by atoms with Gasteiger partial charge in [-0.25, -0.2) is 4.79 Å². The van der Waals surface area contributed by atoms with E-state index in [0.717, 1.165) is 11.1 Å². The molecule has 2 fully saturated rings. The Labute approximate surface area is 204 Å². The summed E-state index contributed by atoms with van der Waals surface area (Å²) in [6, 6.07) is 16.4. The Morgan fingerprint density at radius 1 is 0.971 bits per heavy atom. The maximum Gasteiger partial charge on any atom is 0.407 e. The van der Waals surface area contributed by atoms with Gasteiger partial charge in [-0.05, 0) is 53.9 Å². The number of fused-ring (bicyclic) bond motifs is 3. The SMILES string of the molecule is O=C(O)CC1CC(NC(=O)C2CCC(CNC(=O)OCC3c4ccccc4-c4ccccc43)O2)C1. The van der Waals surface area contributed by atoms with Crippen molar-refractivity contribution in [2.75, 3.05) is 13.2 Å². The number of benzene rings is 2. The predicted molar refractivity (Wildman–Crippen MR) is 128 cm³/mol. The molecule has 3 aliphatic rings. The number of rotatable bonds is 8. The summed E-state index contributed by atoms with van der Waals surface area (Å²) >= 11 is 0. The van der Waals surface area contributed by atoms with Crippen LogP contribution in [0.1, 0.15) is 49.1 Å². The summed E-state index contributed by atoms with van der Waals surface area (Å²) in [5, 5.41) is 14.5. The van der Waals surface area contributed by atoms with Gasteiger partial charge in [0.05, 0.1) is 6.10 Å². The van der Waals surface area contributed by atoms with Crippen LogP contribution in [0.2, 0.25) is 0 Å². The number of ether oxygens (including phenoxy) is 2. The topological polar surface area (TPSA) is 114 Å². The van der Waals surface area contributed by atoms with Gasteiger partial charge >= 0.3 is 12.1 Å². The Balaban J connectivity index is 1.04. The largest absolute Gasteiger partial charge is 0.481 e. The monoisotopic (exact) mass is 478 g/mol. The number of nitrogens with one attached hydrogen (secondary N) is 2. The van der Waals surface area contributed by atoms with Crippen LogP contribution >= 0.6 is 0 Å². The van der Waals surface area contributed by atoms with Crippen LogP contribution in [0.3, 0.4) is 0 Å². The van der Waals surface area contributed by atoms with E-state index in [9.17, 15) is 14.4 Å². The van der Waals surface area contributed by atoms with Gasteiger partial charge in [-0.15, -0.1) is 0 Å². The summed E-state index contributed by atoms with van der Waals surface area (Å²) in [5.74, 6) is -0.819. The van der Waals surface area contributed by atoms with Gasteiger partial charge < -0.3 is 25.2 Å². The molecule has 0 bridgehead atoms. The maximum absolute atomic E-state index is 12.4. The number of hydrogen-bond donors (Lipinski definition) is 3. The molecule has 1 saturated heterocycles. The smallest absolute Gasteiger partial charge is 0.407 e. The first-order chi connectivity index (χ1) is 17.0. The fourth-order valence-electron chi connectivity index (χ4n) is 5.46. The van der Waals surface area contributed by atoms with Crippen LogP contribution in [0.15, 0.2) is 48.5 Å². The van der Waals surface area contributed by atoms with Gasteiger partial charge in [-0.2, -0.15) is 0 Å². The van der Waals surface area contributed by atoms with Crippen molar-refractivity contribution in [1.82, 2.24) is 10.6 Å². The van der Waals surface area contributed by atoms with Crippen molar-refractivity contribution in [3.05, 3.63) is 59.7 Å². The van der Waals surface area contributed by atoms with E-state index in [2.05, 4.69) is 34.9 Å². The van der Waals surface area contributed by atoms with Crippen LogP contribution in [0.4, 0.5) is 4.79 Å². The highest BCUT2D eigenvalue weighted by Gasteiger charge is 2.36. The molecule has 2 aromatic carbocycles. The zero-order valence-electron chi connectivity index (χ0n) is 19.4. The highest BCUT2D eigenvalue weighted by molar-refractivity contribution is 5.81. The van der Waals surface area contributed by atoms with Gasteiger partial charge in [0.2, 0.25) is 5.91 Å². The molecule has 35 heavy (non-hydrogen) atoms. The third-order valence-corrected chi connectivity index (χ3v) is 7.26. The molecule has 2 atom stereocenters. The van der Waals surface area contributed by atoms with E-state index in [1.165, 1.54) is 11.1 Å². The minimum atomic E-state index is -0.800. The average molecular weight is 479 g/mol. The fourth-order valence-corrected chi connectivity index (χ4v) is 5.46. The van der Waals surface area contributed by atoms with E-state index in [0.29, 0.717) is 25.7 Å². The Hall–Kier alpha value is -3.39. The van der Waals surface area contributed by atoms with Crippen molar-refractivity contribution in [2.24, 2.45) is 5.92 Å². The van der Waals surface area contributed by atoms with Crippen LogP contribution in [-0.2, 0) is 19.1 Å². The Kier molecular flexibility index (Phi) is 6.72. The van der Waals surface area contributed by atoms with E-state index < -0.39 is 18.2 Å². The highest BCUT2D eigenvalue weighted by atomic mass is 16.5. The van der Waals surface area contributed by atoms with Gasteiger partial charge in [-0.3, -0.25) is 9.59 Å². The third kappa shape index (κ3) is 5.17. The summed E-state index contributed by atoms with van der Waals surface area (Å²) in [4.78, 5) is 35.6. The normalized spacial score (nSPS) is 24.7. The predicted octanol–water partition coefficient (Wildman–Crippen LogP) is 3.44. The number of alkyl carbamates (subject to hydrolysis) is 1. The van der Waals surface area contributed by atoms with E-state index in [1.807, 2.05) is 24.3 Å². The first-order valence-electron chi connectivity index (χ1n) is 12.2. The van der Waals surface area contributed by atoms with Crippen molar-refractivity contribution in [2.45, 2.75) is 56.3 Å². The zero-order chi connectivity index (χ0) is 24.4. The lowest BCUT2D eigenvalue weighted by Gasteiger charge is -2.35. The van der Waals surface area contributed by atoms with Gasteiger partial charge in [0.1, 0.15) is 12.7 Å². The number of hydrogen-bond acceptors (Lipinski definition) is 5. The van der Waals surface area contributed by atoms with Crippen LogP contribution in [0, 0.1) is 5.92 Å². The maximum atomic E-state index is 12.4. The van der Waals surface area contributed by atoms with E-state index in [-0.39, 0.29) is 49.5 Å². The number of amides is 2. The Bertz CT molecular complexity index is 1070. The fraction of sp³-hybridized carbons (Fsp3) is 0.444.